The van der Waals surface area contributed by atoms with E-state index in [0.717, 1.165) is 38.3 Å². The summed E-state index contributed by atoms with van der Waals surface area (Å²) in [7, 11) is 1.87. The molecule has 0 radical (unpaired) electrons. The minimum atomic E-state index is -0.485. The molecule has 0 aliphatic carbocycles. The van der Waals surface area contributed by atoms with Crippen molar-refractivity contribution in [3.05, 3.63) is 42.7 Å². The predicted octanol–water partition coefficient (Wildman–Crippen LogP) is 1.62. The van der Waals surface area contributed by atoms with Gasteiger partial charge in [-0.15, -0.1) is 0 Å². The number of nitrogens with zero attached hydrogens (tertiary/aromatic N) is 7. The highest BCUT2D eigenvalue weighted by atomic mass is 16.2. The zero-order valence-corrected chi connectivity index (χ0v) is 23.9. The number of likely N-dealkylation sites (tertiary alicyclic amines) is 1. The number of amides is 3. The van der Waals surface area contributed by atoms with Crippen LogP contribution < -0.4 is 25.8 Å². The summed E-state index contributed by atoms with van der Waals surface area (Å²) in [6, 6.07) is 10.8. The van der Waals surface area contributed by atoms with Crippen molar-refractivity contribution in [3.63, 3.8) is 0 Å². The second kappa shape index (κ2) is 12.9. The predicted molar refractivity (Wildman–Crippen MR) is 159 cm³/mol. The molecular formula is C29H36N10O3. The minimum Gasteiger partial charge on any atom is -0.369 e. The molecule has 220 valence electrons. The SMILES string of the molecule is C[C@@H]1CCN(C(=O)CC#N)C[C@@H]1N(C)c1ncc2ccn(C(=O)NCC(=O)Nc3ccc(N4CCNCC4)cc3)c2n1. The Balaban J connectivity index is 1.20. The zero-order valence-electron chi connectivity index (χ0n) is 23.9. The van der Waals surface area contributed by atoms with E-state index in [4.69, 9.17) is 5.26 Å². The van der Waals surface area contributed by atoms with Crippen LogP contribution in [0.3, 0.4) is 0 Å². The molecule has 13 heteroatoms. The molecule has 3 amide bonds. The number of likely N-dealkylation sites (N-methyl/N-ethyl adjacent to an activating group) is 1. The standard InChI is InChI=1S/C29H36N10O3/c1-20-8-13-38(26(41)7-10-30)19-24(20)36(2)28-32-17-21-9-14-39(27(21)35-28)29(42)33-18-25(40)34-22-3-5-23(6-4-22)37-15-11-31-12-16-37/h3-6,9,14,17,20,24,31H,7-8,11-13,15-16,18-19H2,1-2H3,(H,33,42)(H,34,40)/t20-,24+/m1/s1. The fraction of sp³-hybridized carbons (Fsp3) is 0.448. The first-order valence-corrected chi connectivity index (χ1v) is 14.2. The van der Waals surface area contributed by atoms with E-state index < -0.39 is 6.03 Å². The van der Waals surface area contributed by atoms with Crippen molar-refractivity contribution in [2.45, 2.75) is 25.8 Å². The summed E-state index contributed by atoms with van der Waals surface area (Å²) in [5.74, 6) is 0.170. The van der Waals surface area contributed by atoms with Crippen molar-refractivity contribution in [1.82, 2.24) is 30.1 Å². The first-order chi connectivity index (χ1) is 20.3. The van der Waals surface area contributed by atoms with Crippen molar-refractivity contribution < 1.29 is 14.4 Å². The third-order valence-corrected chi connectivity index (χ3v) is 7.98. The Morgan fingerprint density at radius 3 is 2.64 bits per heavy atom. The molecule has 2 atom stereocenters. The topological polar surface area (TPSA) is 152 Å². The number of benzene rings is 1. The third kappa shape index (κ3) is 6.44. The Morgan fingerprint density at radius 2 is 1.90 bits per heavy atom. The smallest absolute Gasteiger partial charge is 0.327 e. The van der Waals surface area contributed by atoms with Gasteiger partial charge in [-0.1, -0.05) is 6.92 Å². The van der Waals surface area contributed by atoms with Crippen LogP contribution in [0.15, 0.2) is 42.7 Å². The average molecular weight is 573 g/mol. The maximum absolute atomic E-state index is 13.0. The molecule has 3 aromatic rings. The van der Waals surface area contributed by atoms with Gasteiger partial charge in [-0.05, 0) is 42.7 Å². The second-order valence-corrected chi connectivity index (χ2v) is 10.7. The molecule has 2 aliphatic rings. The number of carbonyl (C=O) groups is 3. The number of nitrogens with one attached hydrogen (secondary N) is 3. The normalized spacial score (nSPS) is 18.8. The Morgan fingerprint density at radius 1 is 1.14 bits per heavy atom. The lowest BCUT2D eigenvalue weighted by atomic mass is 9.92. The molecule has 2 aliphatic heterocycles. The summed E-state index contributed by atoms with van der Waals surface area (Å²) >= 11 is 0. The van der Waals surface area contributed by atoms with Gasteiger partial charge in [-0.2, -0.15) is 10.2 Å². The number of aromatic nitrogens is 3. The van der Waals surface area contributed by atoms with Gasteiger partial charge in [0.25, 0.3) is 0 Å². The van der Waals surface area contributed by atoms with Gasteiger partial charge in [0.2, 0.25) is 17.8 Å². The number of carbonyl (C=O) groups excluding carboxylic acids is 3. The fourth-order valence-electron chi connectivity index (χ4n) is 5.48. The van der Waals surface area contributed by atoms with Crippen LogP contribution in [0.5, 0.6) is 0 Å². The highest BCUT2D eigenvalue weighted by Crippen LogP contribution is 2.25. The molecule has 0 spiro atoms. The van der Waals surface area contributed by atoms with E-state index in [1.807, 2.05) is 42.3 Å². The van der Waals surface area contributed by atoms with Gasteiger partial charge in [0.1, 0.15) is 6.42 Å². The van der Waals surface area contributed by atoms with E-state index in [1.165, 1.54) is 4.57 Å². The van der Waals surface area contributed by atoms with Gasteiger partial charge in [0, 0.05) is 75.5 Å². The number of fused-ring (bicyclic) bond motifs is 1. The molecule has 3 N–H and O–H groups in total. The van der Waals surface area contributed by atoms with E-state index in [0.29, 0.717) is 35.8 Å². The summed E-state index contributed by atoms with van der Waals surface area (Å²) in [6.45, 7) is 6.77. The van der Waals surface area contributed by atoms with Gasteiger partial charge < -0.3 is 30.7 Å². The number of piperazine rings is 1. The zero-order chi connectivity index (χ0) is 29.6. The molecule has 0 bridgehead atoms. The molecule has 2 aromatic heterocycles. The minimum absolute atomic E-state index is 0.0503. The van der Waals surface area contributed by atoms with Crippen molar-refractivity contribution in [2.24, 2.45) is 5.92 Å². The summed E-state index contributed by atoms with van der Waals surface area (Å²) in [5, 5.41) is 18.4. The van der Waals surface area contributed by atoms with Crippen molar-refractivity contribution >= 4 is 46.2 Å². The maximum atomic E-state index is 13.0. The highest BCUT2D eigenvalue weighted by Gasteiger charge is 2.32. The van der Waals surface area contributed by atoms with Crippen LogP contribution in [0.4, 0.5) is 22.1 Å². The lowest BCUT2D eigenvalue weighted by Gasteiger charge is -2.41. The molecule has 13 nitrogen and oxygen atoms in total. The second-order valence-electron chi connectivity index (χ2n) is 10.7. The molecule has 0 saturated carbocycles. The number of nitriles is 1. The Bertz CT molecular complexity index is 1480. The van der Waals surface area contributed by atoms with Gasteiger partial charge in [0.05, 0.1) is 18.7 Å². The lowest BCUT2D eigenvalue weighted by molar-refractivity contribution is -0.131. The Hall–Kier alpha value is -4.70. The molecular weight excluding hydrogens is 536 g/mol. The van der Waals surface area contributed by atoms with Crippen LogP contribution in [-0.4, -0.2) is 96.2 Å². The van der Waals surface area contributed by atoms with Gasteiger partial charge in [-0.3, -0.25) is 14.2 Å². The number of piperidine rings is 1. The first kappa shape index (κ1) is 28.8. The van der Waals surface area contributed by atoms with Crippen molar-refractivity contribution in [2.75, 3.05) is 68.0 Å². The van der Waals surface area contributed by atoms with Crippen molar-refractivity contribution in [1.29, 1.82) is 5.26 Å². The van der Waals surface area contributed by atoms with Crippen LogP contribution in [0.2, 0.25) is 0 Å². The van der Waals surface area contributed by atoms with Crippen LogP contribution in [0.25, 0.3) is 11.0 Å². The third-order valence-electron chi connectivity index (χ3n) is 7.98. The van der Waals surface area contributed by atoms with Crippen LogP contribution in [0, 0.1) is 17.2 Å². The molecule has 2 fully saturated rings. The average Bonchev–Trinajstić information content (AvgIpc) is 3.44. The largest absolute Gasteiger partial charge is 0.369 e. The molecule has 42 heavy (non-hydrogen) atoms. The summed E-state index contributed by atoms with van der Waals surface area (Å²) in [4.78, 5) is 53.0. The van der Waals surface area contributed by atoms with E-state index in [-0.39, 0.29) is 36.7 Å². The highest BCUT2D eigenvalue weighted by molar-refractivity contribution is 5.96. The lowest BCUT2D eigenvalue weighted by Crippen LogP contribution is -2.53. The molecule has 1 aromatic carbocycles. The molecule has 5 rings (SSSR count). The molecule has 0 unspecified atom stereocenters. The first-order valence-electron chi connectivity index (χ1n) is 14.2. The van der Waals surface area contributed by atoms with Crippen LogP contribution in [-0.2, 0) is 9.59 Å². The van der Waals surface area contributed by atoms with Gasteiger partial charge >= 0.3 is 6.03 Å². The monoisotopic (exact) mass is 572 g/mol. The Labute approximate surface area is 244 Å². The number of anilines is 3. The van der Waals surface area contributed by atoms with Crippen LogP contribution >= 0.6 is 0 Å². The van der Waals surface area contributed by atoms with E-state index in [2.05, 4.69) is 37.7 Å². The Kier molecular flexibility index (Phi) is 8.83. The number of hydrogen-bond acceptors (Lipinski definition) is 9. The molecule has 2 saturated heterocycles. The van der Waals surface area contributed by atoms with Crippen molar-refractivity contribution in [3.8, 4) is 6.07 Å². The molecule has 4 heterocycles. The van der Waals surface area contributed by atoms with Gasteiger partial charge in [0.15, 0.2) is 5.65 Å². The van der Waals surface area contributed by atoms with E-state index in [1.54, 1.807) is 23.4 Å². The number of hydrogen-bond donors (Lipinski definition) is 3. The quantitative estimate of drug-likeness (QED) is 0.384. The van der Waals surface area contributed by atoms with Crippen LogP contribution in [0.1, 0.15) is 19.8 Å². The van der Waals surface area contributed by atoms with Gasteiger partial charge in [-0.25, -0.2) is 9.78 Å². The fourth-order valence-corrected chi connectivity index (χ4v) is 5.48. The summed E-state index contributed by atoms with van der Waals surface area (Å²) in [5.41, 5.74) is 2.18. The number of rotatable bonds is 7. The maximum Gasteiger partial charge on any atom is 0.327 e. The van der Waals surface area contributed by atoms with E-state index in [9.17, 15) is 14.4 Å². The summed E-state index contributed by atoms with van der Waals surface area (Å²) < 4.78 is 1.36. The van der Waals surface area contributed by atoms with E-state index >= 15 is 0 Å². The summed E-state index contributed by atoms with van der Waals surface area (Å²) in [6.07, 6.45) is 3.91.